The number of carbonyl (C=O) groups is 1. The molecule has 9 heteroatoms. The van der Waals surface area contributed by atoms with Gasteiger partial charge in [0.25, 0.3) is 5.91 Å². The molecule has 4 aromatic rings. The Morgan fingerprint density at radius 1 is 1.07 bits per heavy atom. The molecule has 0 aliphatic rings. The van der Waals surface area contributed by atoms with Crippen molar-refractivity contribution in [1.29, 1.82) is 0 Å². The van der Waals surface area contributed by atoms with E-state index < -0.39 is 23.2 Å². The number of rotatable bonds is 4. The third kappa shape index (κ3) is 3.79. The second-order valence-electron chi connectivity index (χ2n) is 6.25. The topological polar surface area (TPSA) is 72.7 Å². The van der Waals surface area contributed by atoms with Crippen LogP contribution in [0, 0.1) is 0 Å². The molecule has 0 saturated carbocycles. The first-order chi connectivity index (χ1) is 13.9. The number of hydrogen-bond donors (Lipinski definition) is 1. The molecule has 0 bridgehead atoms. The minimum atomic E-state index is -4.69. The monoisotopic (exact) mass is 397 g/mol. The van der Waals surface area contributed by atoms with Crippen LogP contribution in [-0.4, -0.2) is 25.7 Å². The summed E-state index contributed by atoms with van der Waals surface area (Å²) < 4.78 is 42.5. The van der Waals surface area contributed by atoms with E-state index in [0.29, 0.717) is 0 Å². The van der Waals surface area contributed by atoms with Crippen molar-refractivity contribution in [2.75, 3.05) is 0 Å². The van der Waals surface area contributed by atoms with Gasteiger partial charge in [0.2, 0.25) is 0 Å². The molecule has 1 amide bonds. The Morgan fingerprint density at radius 2 is 1.83 bits per heavy atom. The van der Waals surface area contributed by atoms with Crippen LogP contribution in [0.3, 0.4) is 0 Å². The van der Waals surface area contributed by atoms with Crippen LogP contribution < -0.4 is 5.32 Å². The Morgan fingerprint density at radius 3 is 2.52 bits per heavy atom. The van der Waals surface area contributed by atoms with E-state index in [0.717, 1.165) is 17.4 Å². The maximum Gasteiger partial charge on any atom is 0.417 e. The fourth-order valence-electron chi connectivity index (χ4n) is 3.00. The Hall–Kier alpha value is -3.75. The first-order valence-corrected chi connectivity index (χ1v) is 8.60. The number of benzene rings is 2. The van der Waals surface area contributed by atoms with E-state index in [4.69, 9.17) is 0 Å². The highest BCUT2D eigenvalue weighted by atomic mass is 19.4. The first-order valence-electron chi connectivity index (χ1n) is 8.60. The molecule has 146 valence electrons. The van der Waals surface area contributed by atoms with Crippen LogP contribution in [0.5, 0.6) is 0 Å². The molecular formula is C20H14F3N5O. The molecule has 0 atom stereocenters. The molecule has 0 fully saturated rings. The molecule has 0 radical (unpaired) electrons. The third-order valence-electron chi connectivity index (χ3n) is 4.38. The molecular weight excluding hydrogens is 383 g/mol. The SMILES string of the molecule is O=C(NCc1ccc(-n2cncn2)cc1)c1cnc2ccccc2c1C(F)(F)F. The Kier molecular flexibility index (Phi) is 4.71. The van der Waals surface area contributed by atoms with E-state index in [1.807, 2.05) is 0 Å². The number of alkyl halides is 3. The number of hydrogen-bond acceptors (Lipinski definition) is 4. The number of aromatic nitrogens is 4. The minimum Gasteiger partial charge on any atom is -0.348 e. The fraction of sp³-hybridized carbons (Fsp3) is 0.100. The fourth-order valence-corrected chi connectivity index (χ4v) is 3.00. The summed E-state index contributed by atoms with van der Waals surface area (Å²) in [5.41, 5.74) is 0.192. The maximum atomic E-state index is 13.7. The summed E-state index contributed by atoms with van der Waals surface area (Å²) >= 11 is 0. The van der Waals surface area contributed by atoms with Crippen LogP contribution in [0.4, 0.5) is 13.2 Å². The van der Waals surface area contributed by atoms with Crippen molar-refractivity contribution in [2.24, 2.45) is 0 Å². The highest BCUT2D eigenvalue weighted by molar-refractivity contribution is 6.00. The van der Waals surface area contributed by atoms with Crippen LogP contribution in [0.15, 0.2) is 67.4 Å². The van der Waals surface area contributed by atoms with Crippen LogP contribution in [-0.2, 0) is 12.7 Å². The molecule has 2 aromatic carbocycles. The zero-order valence-electron chi connectivity index (χ0n) is 14.9. The second-order valence-corrected chi connectivity index (χ2v) is 6.25. The number of halogens is 3. The smallest absolute Gasteiger partial charge is 0.348 e. The Balaban J connectivity index is 1.56. The average Bonchev–Trinajstić information content (AvgIpc) is 3.25. The van der Waals surface area contributed by atoms with Crippen molar-refractivity contribution in [3.8, 4) is 5.69 Å². The van der Waals surface area contributed by atoms with Crippen molar-refractivity contribution in [2.45, 2.75) is 12.7 Å². The standard InChI is InChI=1S/C20H14F3N5O/c21-20(22,23)18-15-3-1-2-4-17(15)25-10-16(18)19(29)26-9-13-5-7-14(8-6-13)28-12-24-11-27-28/h1-8,10-12H,9H2,(H,26,29). The van der Waals surface area contributed by atoms with Gasteiger partial charge in [0, 0.05) is 18.1 Å². The largest absolute Gasteiger partial charge is 0.417 e. The highest BCUT2D eigenvalue weighted by Gasteiger charge is 2.37. The second kappa shape index (κ2) is 7.34. The van der Waals surface area contributed by atoms with E-state index in [1.54, 1.807) is 41.3 Å². The molecule has 0 unspecified atom stereocenters. The van der Waals surface area contributed by atoms with Gasteiger partial charge in [-0.1, -0.05) is 30.3 Å². The predicted octanol–water partition coefficient (Wildman–Crippen LogP) is 3.76. The quantitative estimate of drug-likeness (QED) is 0.569. The summed E-state index contributed by atoms with van der Waals surface area (Å²) in [7, 11) is 0. The number of nitrogens with one attached hydrogen (secondary N) is 1. The molecule has 2 aromatic heterocycles. The van der Waals surface area contributed by atoms with E-state index >= 15 is 0 Å². The Labute approximate surface area is 163 Å². The van der Waals surface area contributed by atoms with Crippen LogP contribution in [0.25, 0.3) is 16.6 Å². The molecule has 2 heterocycles. The van der Waals surface area contributed by atoms with Gasteiger partial charge in [0.1, 0.15) is 12.7 Å². The van der Waals surface area contributed by atoms with Crippen molar-refractivity contribution in [1.82, 2.24) is 25.1 Å². The summed E-state index contributed by atoms with van der Waals surface area (Å²) in [4.78, 5) is 20.4. The van der Waals surface area contributed by atoms with E-state index in [-0.39, 0.29) is 17.4 Å². The number of amides is 1. The highest BCUT2D eigenvalue weighted by Crippen LogP contribution is 2.36. The van der Waals surface area contributed by atoms with Crippen LogP contribution >= 0.6 is 0 Å². The van der Waals surface area contributed by atoms with Gasteiger partial charge in [-0.15, -0.1) is 0 Å². The maximum absolute atomic E-state index is 13.7. The van der Waals surface area contributed by atoms with Gasteiger partial charge < -0.3 is 5.32 Å². The summed E-state index contributed by atoms with van der Waals surface area (Å²) in [6.45, 7) is 0.0700. The minimum absolute atomic E-state index is 0.0700. The number of para-hydroxylation sites is 1. The van der Waals surface area contributed by atoms with Crippen molar-refractivity contribution >= 4 is 16.8 Å². The lowest BCUT2D eigenvalue weighted by molar-refractivity contribution is -0.136. The summed E-state index contributed by atoms with van der Waals surface area (Å²) in [5.74, 6) is -0.837. The van der Waals surface area contributed by atoms with Crippen LogP contribution in [0.2, 0.25) is 0 Å². The van der Waals surface area contributed by atoms with E-state index in [1.165, 1.54) is 24.5 Å². The molecule has 6 nitrogen and oxygen atoms in total. The number of nitrogens with zero attached hydrogens (tertiary/aromatic N) is 4. The lowest BCUT2D eigenvalue weighted by atomic mass is 10.0. The number of pyridine rings is 1. The number of carbonyl (C=O) groups excluding carboxylic acids is 1. The van der Waals surface area contributed by atoms with Gasteiger partial charge >= 0.3 is 6.18 Å². The molecule has 29 heavy (non-hydrogen) atoms. The van der Waals surface area contributed by atoms with Gasteiger partial charge in [0.05, 0.1) is 22.3 Å². The Bertz CT molecular complexity index is 1160. The molecule has 1 N–H and O–H groups in total. The summed E-state index contributed by atoms with van der Waals surface area (Å²) in [6, 6.07) is 12.9. The van der Waals surface area contributed by atoms with Gasteiger partial charge in [-0.3, -0.25) is 9.78 Å². The molecule has 0 aliphatic carbocycles. The van der Waals surface area contributed by atoms with Gasteiger partial charge in [-0.05, 0) is 23.8 Å². The predicted molar refractivity (Wildman–Crippen MR) is 99.3 cm³/mol. The summed E-state index contributed by atoms with van der Waals surface area (Å²) in [5, 5.41) is 6.44. The third-order valence-corrected chi connectivity index (χ3v) is 4.38. The van der Waals surface area contributed by atoms with E-state index in [9.17, 15) is 18.0 Å². The van der Waals surface area contributed by atoms with E-state index in [2.05, 4.69) is 20.4 Å². The first kappa shape index (κ1) is 18.6. The molecule has 0 spiro atoms. The molecule has 0 saturated heterocycles. The molecule has 4 rings (SSSR count). The van der Waals surface area contributed by atoms with Gasteiger partial charge in [-0.25, -0.2) is 9.67 Å². The average molecular weight is 397 g/mol. The van der Waals surface area contributed by atoms with Gasteiger partial charge in [0.15, 0.2) is 0 Å². The number of fused-ring (bicyclic) bond motifs is 1. The van der Waals surface area contributed by atoms with Crippen molar-refractivity contribution < 1.29 is 18.0 Å². The summed E-state index contributed by atoms with van der Waals surface area (Å²) in [6.07, 6.45) is -0.769. The van der Waals surface area contributed by atoms with Crippen molar-refractivity contribution in [3.63, 3.8) is 0 Å². The van der Waals surface area contributed by atoms with Crippen LogP contribution in [0.1, 0.15) is 21.5 Å². The zero-order chi connectivity index (χ0) is 20.4. The van der Waals surface area contributed by atoms with Gasteiger partial charge in [-0.2, -0.15) is 18.3 Å². The zero-order valence-corrected chi connectivity index (χ0v) is 14.9. The normalized spacial score (nSPS) is 11.6. The lowest BCUT2D eigenvalue weighted by Crippen LogP contribution is -2.26. The lowest BCUT2D eigenvalue weighted by Gasteiger charge is -2.15. The van der Waals surface area contributed by atoms with Crippen molar-refractivity contribution in [3.05, 3.63) is 84.1 Å². The molecule has 0 aliphatic heterocycles.